The molecule has 1 fully saturated rings. The molecule has 0 aliphatic carbocycles. The summed E-state index contributed by atoms with van der Waals surface area (Å²) >= 11 is 0. The number of hydrogen-bond acceptors (Lipinski definition) is 6. The molecule has 0 spiro atoms. The second-order valence-electron chi connectivity index (χ2n) is 5.70. The average molecular weight is 344 g/mol. The molecule has 3 heterocycles. The fraction of sp³-hybridized carbons (Fsp3) is 0.312. The molecule has 1 saturated heterocycles. The van der Waals surface area contributed by atoms with E-state index in [0.29, 0.717) is 13.0 Å². The van der Waals surface area contributed by atoms with Crippen LogP contribution in [0.25, 0.3) is 0 Å². The zero-order valence-corrected chi connectivity index (χ0v) is 13.3. The number of aromatic nitrogens is 1. The van der Waals surface area contributed by atoms with Crippen LogP contribution in [-0.2, 0) is 11.2 Å². The topological polar surface area (TPSA) is 119 Å². The molecule has 25 heavy (non-hydrogen) atoms. The molecule has 0 atom stereocenters. The lowest BCUT2D eigenvalue weighted by Crippen LogP contribution is -2.55. The number of amides is 2. The monoisotopic (exact) mass is 344 g/mol. The standard InChI is InChI=1S/C16H16N4O5/c21-15(18-8-5-11-3-6-17-7-4-11)12-9-19(10-12)16(22)13-1-2-14(25-13)20(23)24/h1-4,6-7,12H,5,8-10H2,(H,18,21). The summed E-state index contributed by atoms with van der Waals surface area (Å²) in [5, 5.41) is 13.4. The van der Waals surface area contributed by atoms with Gasteiger partial charge >= 0.3 is 5.88 Å². The Morgan fingerprint density at radius 2 is 2.00 bits per heavy atom. The average Bonchev–Trinajstić information content (AvgIpc) is 3.04. The maximum Gasteiger partial charge on any atom is 0.433 e. The zero-order chi connectivity index (χ0) is 17.8. The molecule has 2 amide bonds. The smallest absolute Gasteiger partial charge is 0.395 e. The Morgan fingerprint density at radius 3 is 2.64 bits per heavy atom. The van der Waals surface area contributed by atoms with E-state index in [1.54, 1.807) is 12.4 Å². The van der Waals surface area contributed by atoms with Gasteiger partial charge in [-0.2, -0.15) is 0 Å². The van der Waals surface area contributed by atoms with Gasteiger partial charge in [0.1, 0.15) is 4.92 Å². The lowest BCUT2D eigenvalue weighted by Gasteiger charge is -2.37. The number of rotatable bonds is 6. The van der Waals surface area contributed by atoms with Crippen molar-refractivity contribution in [1.29, 1.82) is 0 Å². The van der Waals surface area contributed by atoms with E-state index in [2.05, 4.69) is 10.3 Å². The van der Waals surface area contributed by atoms with Crippen molar-refractivity contribution >= 4 is 17.7 Å². The highest BCUT2D eigenvalue weighted by Crippen LogP contribution is 2.22. The molecule has 9 nitrogen and oxygen atoms in total. The second kappa shape index (κ2) is 7.12. The van der Waals surface area contributed by atoms with E-state index in [1.807, 2.05) is 12.1 Å². The third kappa shape index (κ3) is 3.82. The summed E-state index contributed by atoms with van der Waals surface area (Å²) in [6.07, 6.45) is 4.11. The molecule has 0 radical (unpaired) electrons. The normalized spacial score (nSPS) is 14.0. The molecular formula is C16H16N4O5. The first-order valence-electron chi connectivity index (χ1n) is 7.74. The van der Waals surface area contributed by atoms with Gasteiger partial charge in [-0.05, 0) is 30.2 Å². The van der Waals surface area contributed by atoms with Crippen molar-refractivity contribution in [3.05, 3.63) is 58.1 Å². The van der Waals surface area contributed by atoms with Gasteiger partial charge < -0.3 is 14.6 Å². The molecule has 1 aliphatic rings. The summed E-state index contributed by atoms with van der Waals surface area (Å²) in [7, 11) is 0. The fourth-order valence-electron chi connectivity index (χ4n) is 2.53. The predicted octanol–water partition coefficient (Wildman–Crippen LogP) is 1.01. The largest absolute Gasteiger partial charge is 0.433 e. The van der Waals surface area contributed by atoms with E-state index in [1.165, 1.54) is 11.0 Å². The first-order chi connectivity index (χ1) is 12.0. The van der Waals surface area contributed by atoms with Gasteiger partial charge in [0.2, 0.25) is 5.91 Å². The van der Waals surface area contributed by atoms with Crippen LogP contribution in [-0.4, -0.2) is 46.3 Å². The highest BCUT2D eigenvalue weighted by molar-refractivity contribution is 5.94. The van der Waals surface area contributed by atoms with Crippen molar-refractivity contribution in [2.45, 2.75) is 6.42 Å². The molecule has 0 saturated carbocycles. The maximum atomic E-state index is 12.1. The number of hydrogen-bond donors (Lipinski definition) is 1. The fourth-order valence-corrected chi connectivity index (χ4v) is 2.53. The first kappa shape index (κ1) is 16.6. The zero-order valence-electron chi connectivity index (χ0n) is 13.3. The summed E-state index contributed by atoms with van der Waals surface area (Å²) in [5.41, 5.74) is 1.08. The van der Waals surface area contributed by atoms with E-state index in [0.717, 1.165) is 11.6 Å². The second-order valence-corrected chi connectivity index (χ2v) is 5.70. The first-order valence-corrected chi connectivity index (χ1v) is 7.74. The SMILES string of the molecule is O=C(NCCc1ccncc1)C1CN(C(=O)c2ccc([N+](=O)[O-])o2)C1. The van der Waals surface area contributed by atoms with Crippen LogP contribution in [0.3, 0.4) is 0 Å². The van der Waals surface area contributed by atoms with Crippen LogP contribution >= 0.6 is 0 Å². The summed E-state index contributed by atoms with van der Waals surface area (Å²) in [6, 6.07) is 6.18. The van der Waals surface area contributed by atoms with Crippen LogP contribution in [0.2, 0.25) is 0 Å². The van der Waals surface area contributed by atoms with E-state index < -0.39 is 16.7 Å². The summed E-state index contributed by atoms with van der Waals surface area (Å²) in [4.78, 5) is 39.4. The number of nitro groups is 1. The Balaban J connectivity index is 1.42. The number of carbonyl (C=O) groups excluding carboxylic acids is 2. The minimum absolute atomic E-state index is 0.0942. The van der Waals surface area contributed by atoms with Gasteiger partial charge in [0, 0.05) is 32.0 Å². The lowest BCUT2D eigenvalue weighted by molar-refractivity contribution is -0.402. The van der Waals surface area contributed by atoms with Crippen molar-refractivity contribution < 1.29 is 18.9 Å². The summed E-state index contributed by atoms with van der Waals surface area (Å²) in [6.45, 7) is 1.06. The quantitative estimate of drug-likeness (QED) is 0.617. The molecule has 2 aromatic heterocycles. The van der Waals surface area contributed by atoms with Crippen molar-refractivity contribution in [2.75, 3.05) is 19.6 Å². The molecule has 1 N–H and O–H groups in total. The molecule has 2 aromatic rings. The van der Waals surface area contributed by atoms with Crippen molar-refractivity contribution in [1.82, 2.24) is 15.2 Å². The van der Waals surface area contributed by atoms with Crippen LogP contribution in [0.1, 0.15) is 16.1 Å². The van der Waals surface area contributed by atoms with Crippen LogP contribution in [0.4, 0.5) is 5.88 Å². The third-order valence-corrected chi connectivity index (χ3v) is 3.98. The van der Waals surface area contributed by atoms with Gasteiger partial charge in [0.25, 0.3) is 5.91 Å². The van der Waals surface area contributed by atoms with Crippen LogP contribution < -0.4 is 5.32 Å². The molecule has 0 unspecified atom stereocenters. The number of pyridine rings is 1. The van der Waals surface area contributed by atoms with Gasteiger partial charge in [-0.3, -0.25) is 24.7 Å². The minimum atomic E-state index is -0.702. The molecular weight excluding hydrogens is 328 g/mol. The van der Waals surface area contributed by atoms with E-state index in [4.69, 9.17) is 4.42 Å². The van der Waals surface area contributed by atoms with E-state index in [-0.39, 0.29) is 30.7 Å². The Morgan fingerprint density at radius 1 is 1.28 bits per heavy atom. The van der Waals surface area contributed by atoms with Gasteiger partial charge in [0.15, 0.2) is 5.76 Å². The number of nitrogens with one attached hydrogen (secondary N) is 1. The summed E-state index contributed by atoms with van der Waals surface area (Å²) in [5.74, 6) is -1.40. The third-order valence-electron chi connectivity index (χ3n) is 3.98. The van der Waals surface area contributed by atoms with Crippen molar-refractivity contribution in [2.24, 2.45) is 5.92 Å². The maximum absolute atomic E-state index is 12.1. The van der Waals surface area contributed by atoms with Crippen LogP contribution in [0.5, 0.6) is 0 Å². The Bertz CT molecular complexity index is 783. The van der Waals surface area contributed by atoms with Gasteiger partial charge in [0.05, 0.1) is 12.0 Å². The number of carbonyl (C=O) groups is 2. The van der Waals surface area contributed by atoms with Gasteiger partial charge in [-0.15, -0.1) is 0 Å². The molecule has 130 valence electrons. The highest BCUT2D eigenvalue weighted by atomic mass is 16.6. The van der Waals surface area contributed by atoms with E-state index in [9.17, 15) is 19.7 Å². The number of nitrogens with zero attached hydrogens (tertiary/aromatic N) is 3. The molecule has 9 heteroatoms. The van der Waals surface area contributed by atoms with Crippen molar-refractivity contribution in [3.63, 3.8) is 0 Å². The van der Waals surface area contributed by atoms with Gasteiger partial charge in [-0.25, -0.2) is 0 Å². The molecule has 0 bridgehead atoms. The van der Waals surface area contributed by atoms with E-state index >= 15 is 0 Å². The minimum Gasteiger partial charge on any atom is -0.395 e. The van der Waals surface area contributed by atoms with Crippen LogP contribution in [0.15, 0.2) is 41.1 Å². The van der Waals surface area contributed by atoms with Crippen molar-refractivity contribution in [3.8, 4) is 0 Å². The van der Waals surface area contributed by atoms with Gasteiger partial charge in [-0.1, -0.05) is 0 Å². The Labute approximate surface area is 142 Å². The highest BCUT2D eigenvalue weighted by Gasteiger charge is 2.37. The summed E-state index contributed by atoms with van der Waals surface area (Å²) < 4.78 is 4.88. The Kier molecular flexibility index (Phi) is 4.73. The van der Waals surface area contributed by atoms with Crippen LogP contribution in [0, 0.1) is 16.0 Å². The predicted molar refractivity (Wildman–Crippen MR) is 85.7 cm³/mol. The molecule has 0 aromatic carbocycles. The number of likely N-dealkylation sites (tertiary alicyclic amines) is 1. The molecule has 3 rings (SSSR count). The molecule has 1 aliphatic heterocycles. The Hall–Kier alpha value is -3.23. The lowest BCUT2D eigenvalue weighted by atomic mass is 9.98. The number of furan rings is 1.